The highest BCUT2D eigenvalue weighted by Gasteiger charge is 2.31. The summed E-state index contributed by atoms with van der Waals surface area (Å²) >= 11 is 0. The highest BCUT2D eigenvalue weighted by Crippen LogP contribution is 2.23. The van der Waals surface area contributed by atoms with E-state index >= 15 is 0 Å². The zero-order chi connectivity index (χ0) is 16.4. The average molecular weight is 320 g/mol. The molecule has 6 nitrogen and oxygen atoms in total. The Hall–Kier alpha value is -1.63. The Bertz CT molecular complexity index is 578. The molecule has 2 aliphatic heterocycles. The lowest BCUT2D eigenvalue weighted by Gasteiger charge is -2.29. The first-order chi connectivity index (χ1) is 11.1. The van der Waals surface area contributed by atoms with Crippen molar-refractivity contribution in [3.05, 3.63) is 29.3 Å². The fraction of sp³-hybridized carbons (Fsp3) is 0.588. The first-order valence-electron chi connectivity index (χ1n) is 7.97. The molecule has 0 saturated carbocycles. The van der Waals surface area contributed by atoms with Crippen LogP contribution in [0.25, 0.3) is 0 Å². The van der Waals surface area contributed by atoms with Gasteiger partial charge in [0.15, 0.2) is 0 Å². The largest absolute Gasteiger partial charge is 0.496 e. The van der Waals surface area contributed by atoms with Crippen LogP contribution in [0.5, 0.6) is 5.75 Å². The zero-order valence-electron chi connectivity index (χ0n) is 13.7. The molecule has 126 valence electrons. The summed E-state index contributed by atoms with van der Waals surface area (Å²) in [6.45, 7) is 5.32. The SMILES string of the molecule is COc1ccc(CN2C[C@@H]3COC[C@H](C2)N(C)C3)cc1C(=O)O. The molecule has 2 atom stereocenters. The Balaban J connectivity index is 1.76. The molecular formula is C17H24N2O4. The third-order valence-corrected chi connectivity index (χ3v) is 4.72. The number of likely N-dealkylation sites (N-methyl/N-ethyl adjacent to an activating group) is 1. The van der Waals surface area contributed by atoms with Gasteiger partial charge in [0, 0.05) is 38.1 Å². The van der Waals surface area contributed by atoms with Gasteiger partial charge in [0.1, 0.15) is 11.3 Å². The van der Waals surface area contributed by atoms with Crippen molar-refractivity contribution in [2.24, 2.45) is 5.92 Å². The number of fused-ring (bicyclic) bond motifs is 3. The van der Waals surface area contributed by atoms with Crippen LogP contribution in [0.1, 0.15) is 15.9 Å². The normalized spacial score (nSPS) is 25.8. The van der Waals surface area contributed by atoms with Crippen molar-refractivity contribution in [2.75, 3.05) is 47.0 Å². The van der Waals surface area contributed by atoms with Crippen LogP contribution in [0.3, 0.4) is 0 Å². The van der Waals surface area contributed by atoms with E-state index in [9.17, 15) is 9.90 Å². The Kier molecular flexibility index (Phi) is 4.84. The molecule has 6 heteroatoms. The molecule has 2 aliphatic rings. The van der Waals surface area contributed by atoms with E-state index in [1.807, 2.05) is 6.07 Å². The molecule has 0 unspecified atom stereocenters. The van der Waals surface area contributed by atoms with Gasteiger partial charge in [-0.25, -0.2) is 4.79 Å². The number of carbonyl (C=O) groups is 1. The third-order valence-electron chi connectivity index (χ3n) is 4.72. The number of nitrogens with zero attached hydrogens (tertiary/aromatic N) is 2. The maximum Gasteiger partial charge on any atom is 0.339 e. The molecule has 2 fully saturated rings. The quantitative estimate of drug-likeness (QED) is 0.898. The van der Waals surface area contributed by atoms with Crippen LogP contribution in [0, 0.1) is 5.92 Å². The van der Waals surface area contributed by atoms with Gasteiger partial charge >= 0.3 is 5.97 Å². The molecular weight excluding hydrogens is 296 g/mol. The second kappa shape index (κ2) is 6.86. The van der Waals surface area contributed by atoms with Crippen LogP contribution in [-0.4, -0.2) is 73.9 Å². The molecule has 1 aromatic carbocycles. The molecule has 0 aromatic heterocycles. The third kappa shape index (κ3) is 3.65. The number of carboxylic acid groups (broad SMARTS) is 1. The molecule has 23 heavy (non-hydrogen) atoms. The lowest BCUT2D eigenvalue weighted by molar-refractivity contribution is 0.0516. The summed E-state index contributed by atoms with van der Waals surface area (Å²) in [4.78, 5) is 16.2. The van der Waals surface area contributed by atoms with Crippen molar-refractivity contribution < 1.29 is 19.4 Å². The summed E-state index contributed by atoms with van der Waals surface area (Å²) in [5.41, 5.74) is 1.23. The van der Waals surface area contributed by atoms with Gasteiger partial charge < -0.3 is 14.6 Å². The number of carboxylic acids is 1. The molecule has 1 N–H and O–H groups in total. The number of methoxy groups -OCH3 is 1. The second-order valence-electron chi connectivity index (χ2n) is 6.53. The number of hydrogen-bond acceptors (Lipinski definition) is 5. The van der Waals surface area contributed by atoms with Gasteiger partial charge in [0.05, 0.1) is 20.3 Å². The first kappa shape index (κ1) is 16.2. The van der Waals surface area contributed by atoms with E-state index in [2.05, 4.69) is 16.8 Å². The molecule has 3 rings (SSSR count). The molecule has 0 spiro atoms. The van der Waals surface area contributed by atoms with Gasteiger partial charge in [-0.15, -0.1) is 0 Å². The summed E-state index contributed by atoms with van der Waals surface area (Å²) in [7, 11) is 3.65. The number of rotatable bonds is 4. The number of ether oxygens (including phenoxy) is 2. The maximum atomic E-state index is 11.4. The molecule has 0 amide bonds. The van der Waals surface area contributed by atoms with Gasteiger partial charge in [0.25, 0.3) is 0 Å². The highest BCUT2D eigenvalue weighted by molar-refractivity contribution is 5.91. The monoisotopic (exact) mass is 320 g/mol. The lowest BCUT2D eigenvalue weighted by Crippen LogP contribution is -2.41. The van der Waals surface area contributed by atoms with Crippen molar-refractivity contribution >= 4 is 5.97 Å². The van der Waals surface area contributed by atoms with Crippen molar-refractivity contribution in [3.63, 3.8) is 0 Å². The molecule has 2 saturated heterocycles. The summed E-state index contributed by atoms with van der Waals surface area (Å²) in [6, 6.07) is 5.82. The minimum Gasteiger partial charge on any atom is -0.496 e. The Morgan fingerprint density at radius 1 is 1.35 bits per heavy atom. The lowest BCUT2D eigenvalue weighted by atomic mass is 10.1. The van der Waals surface area contributed by atoms with Crippen molar-refractivity contribution in [3.8, 4) is 5.75 Å². The topological polar surface area (TPSA) is 62.2 Å². The zero-order valence-corrected chi connectivity index (χ0v) is 13.7. The number of hydrogen-bond donors (Lipinski definition) is 1. The van der Waals surface area contributed by atoms with Gasteiger partial charge in [-0.3, -0.25) is 9.80 Å². The van der Waals surface area contributed by atoms with Gasteiger partial charge in [-0.1, -0.05) is 6.07 Å². The molecule has 2 heterocycles. The van der Waals surface area contributed by atoms with E-state index in [0.717, 1.165) is 45.0 Å². The van der Waals surface area contributed by atoms with Crippen LogP contribution in [0.15, 0.2) is 18.2 Å². The molecule has 0 aliphatic carbocycles. The summed E-state index contributed by atoms with van der Waals surface area (Å²) < 4.78 is 10.9. The predicted molar refractivity (Wildman–Crippen MR) is 86.0 cm³/mol. The van der Waals surface area contributed by atoms with Crippen LogP contribution in [0.4, 0.5) is 0 Å². The first-order valence-corrected chi connectivity index (χ1v) is 7.97. The summed E-state index contributed by atoms with van der Waals surface area (Å²) in [5.74, 6) is -0.0450. The smallest absolute Gasteiger partial charge is 0.339 e. The summed E-state index contributed by atoms with van der Waals surface area (Å²) in [5, 5.41) is 9.32. The Morgan fingerprint density at radius 2 is 2.17 bits per heavy atom. The van der Waals surface area contributed by atoms with E-state index in [4.69, 9.17) is 9.47 Å². The van der Waals surface area contributed by atoms with Crippen LogP contribution < -0.4 is 4.74 Å². The van der Waals surface area contributed by atoms with E-state index in [1.54, 1.807) is 12.1 Å². The van der Waals surface area contributed by atoms with Crippen LogP contribution in [0.2, 0.25) is 0 Å². The second-order valence-corrected chi connectivity index (χ2v) is 6.53. The minimum atomic E-state index is -0.954. The number of benzene rings is 1. The van der Waals surface area contributed by atoms with E-state index in [-0.39, 0.29) is 5.56 Å². The maximum absolute atomic E-state index is 11.4. The van der Waals surface area contributed by atoms with E-state index in [0.29, 0.717) is 17.7 Å². The predicted octanol–water partition coefficient (Wildman–Crippen LogP) is 1.16. The van der Waals surface area contributed by atoms with Gasteiger partial charge in [0.2, 0.25) is 0 Å². The average Bonchev–Trinajstić information content (AvgIpc) is 2.76. The van der Waals surface area contributed by atoms with Crippen molar-refractivity contribution in [1.29, 1.82) is 0 Å². The highest BCUT2D eigenvalue weighted by atomic mass is 16.5. The van der Waals surface area contributed by atoms with Crippen molar-refractivity contribution in [1.82, 2.24) is 9.80 Å². The number of aromatic carboxylic acids is 1. The Morgan fingerprint density at radius 3 is 2.91 bits per heavy atom. The van der Waals surface area contributed by atoms with Crippen LogP contribution >= 0.6 is 0 Å². The fourth-order valence-corrected chi connectivity index (χ4v) is 3.56. The van der Waals surface area contributed by atoms with Gasteiger partial charge in [-0.05, 0) is 24.7 Å². The molecule has 0 radical (unpaired) electrons. The molecule has 1 aromatic rings. The van der Waals surface area contributed by atoms with Crippen LogP contribution in [-0.2, 0) is 11.3 Å². The van der Waals surface area contributed by atoms with Crippen molar-refractivity contribution in [2.45, 2.75) is 12.6 Å². The standard InChI is InChI=1S/C17H24N2O4/c1-18-6-13-8-19(9-14(18)11-23-10-13)7-12-3-4-16(22-2)15(5-12)17(20)21/h3-5,13-14H,6-11H2,1-2H3,(H,20,21)/t13-,14+/m1/s1. The fourth-order valence-electron chi connectivity index (χ4n) is 3.56. The Labute approximate surface area is 136 Å². The molecule has 2 bridgehead atoms. The van der Waals surface area contributed by atoms with E-state index < -0.39 is 5.97 Å². The minimum absolute atomic E-state index is 0.223. The van der Waals surface area contributed by atoms with E-state index in [1.165, 1.54) is 7.11 Å². The van der Waals surface area contributed by atoms with Gasteiger partial charge in [-0.2, -0.15) is 0 Å². The summed E-state index contributed by atoms with van der Waals surface area (Å²) in [6.07, 6.45) is 0.